The number of anilines is 1. The van der Waals surface area contributed by atoms with Crippen LogP contribution in [0.15, 0.2) is 6.07 Å². The Morgan fingerprint density at radius 1 is 1.42 bits per heavy atom. The largest absolute Gasteiger partial charge is 0.354 e. The van der Waals surface area contributed by atoms with Crippen LogP contribution in [-0.4, -0.2) is 59.8 Å². The number of carbonyl (C=O) groups is 1. The molecule has 1 N–H and O–H groups in total. The third-order valence-corrected chi connectivity index (χ3v) is 5.74. The van der Waals surface area contributed by atoms with Crippen molar-refractivity contribution in [2.45, 2.75) is 40.2 Å². The molecule has 1 aromatic heterocycles. The molecule has 0 aromatic carbocycles. The summed E-state index contributed by atoms with van der Waals surface area (Å²) >= 11 is 0. The Bertz CT molecular complexity index is 703. The third kappa shape index (κ3) is 4.66. The summed E-state index contributed by atoms with van der Waals surface area (Å²) < 4.78 is 23.4. The van der Waals surface area contributed by atoms with Gasteiger partial charge in [-0.2, -0.15) is 0 Å². The van der Waals surface area contributed by atoms with Gasteiger partial charge in [-0.05, 0) is 32.3 Å². The van der Waals surface area contributed by atoms with Gasteiger partial charge in [0, 0.05) is 24.8 Å². The molecule has 1 saturated heterocycles. The smallest absolute Gasteiger partial charge is 0.272 e. The monoisotopic (exact) mass is 354 g/mol. The van der Waals surface area contributed by atoms with Crippen molar-refractivity contribution in [1.82, 2.24) is 14.9 Å². The molecule has 0 saturated carbocycles. The Hall–Kier alpha value is -1.70. The Balaban J connectivity index is 2.20. The molecular weight excluding hydrogens is 328 g/mol. The van der Waals surface area contributed by atoms with E-state index in [2.05, 4.69) is 29.1 Å². The molecule has 1 atom stereocenters. The van der Waals surface area contributed by atoms with Crippen LogP contribution in [0.3, 0.4) is 0 Å². The van der Waals surface area contributed by atoms with E-state index in [1.807, 2.05) is 13.8 Å². The molecule has 134 valence electrons. The minimum Gasteiger partial charge on any atom is -0.354 e. The molecule has 1 aromatic rings. The average molecular weight is 354 g/mol. The second kappa shape index (κ2) is 7.46. The highest BCUT2D eigenvalue weighted by molar-refractivity contribution is 7.91. The molecule has 1 aliphatic heterocycles. The first-order valence-electron chi connectivity index (χ1n) is 8.32. The number of nitrogens with zero attached hydrogens (tertiary/aromatic N) is 3. The standard InChI is InChI=1S/C16H26N4O3S/c1-5-20(13-6-7-24(22,23)10-13)15(21)14-8-12(4)18-16(19-14)17-9-11(2)3/h8,11,13H,5-7,9-10H2,1-4H3,(H,17,18,19). The minimum absolute atomic E-state index is 0.0368. The molecule has 2 rings (SSSR count). The molecule has 0 spiro atoms. The van der Waals surface area contributed by atoms with E-state index in [-0.39, 0.29) is 23.5 Å². The van der Waals surface area contributed by atoms with E-state index >= 15 is 0 Å². The molecule has 24 heavy (non-hydrogen) atoms. The lowest BCUT2D eigenvalue weighted by Crippen LogP contribution is -2.41. The van der Waals surface area contributed by atoms with Crippen LogP contribution in [0, 0.1) is 12.8 Å². The van der Waals surface area contributed by atoms with Crippen LogP contribution in [0.1, 0.15) is 43.4 Å². The minimum atomic E-state index is -3.04. The number of hydrogen-bond donors (Lipinski definition) is 1. The van der Waals surface area contributed by atoms with E-state index in [1.165, 1.54) is 0 Å². The summed E-state index contributed by atoms with van der Waals surface area (Å²) in [6.45, 7) is 9.00. The number of sulfone groups is 1. The van der Waals surface area contributed by atoms with Crippen molar-refractivity contribution in [3.8, 4) is 0 Å². The molecule has 8 heteroatoms. The Morgan fingerprint density at radius 3 is 2.67 bits per heavy atom. The normalized spacial score (nSPS) is 19.5. The lowest BCUT2D eigenvalue weighted by Gasteiger charge is -2.26. The van der Waals surface area contributed by atoms with Gasteiger partial charge in [0.05, 0.1) is 11.5 Å². The fourth-order valence-corrected chi connectivity index (χ4v) is 4.52. The van der Waals surface area contributed by atoms with E-state index < -0.39 is 9.84 Å². The first-order valence-corrected chi connectivity index (χ1v) is 10.1. The maximum atomic E-state index is 12.8. The highest BCUT2D eigenvalue weighted by Crippen LogP contribution is 2.20. The van der Waals surface area contributed by atoms with Crippen molar-refractivity contribution in [3.05, 3.63) is 17.5 Å². The fraction of sp³-hybridized carbons (Fsp3) is 0.688. The van der Waals surface area contributed by atoms with Crippen LogP contribution in [0.4, 0.5) is 5.95 Å². The Morgan fingerprint density at radius 2 is 2.12 bits per heavy atom. The molecule has 0 aliphatic carbocycles. The highest BCUT2D eigenvalue weighted by atomic mass is 32.2. The molecule has 1 unspecified atom stereocenters. The maximum Gasteiger partial charge on any atom is 0.272 e. The van der Waals surface area contributed by atoms with Gasteiger partial charge in [-0.3, -0.25) is 4.79 Å². The number of nitrogens with one attached hydrogen (secondary N) is 1. The predicted molar refractivity (Wildman–Crippen MR) is 93.9 cm³/mol. The van der Waals surface area contributed by atoms with E-state index in [0.717, 1.165) is 6.54 Å². The SMILES string of the molecule is CCN(C(=O)c1cc(C)nc(NCC(C)C)n1)C1CCS(=O)(=O)C1. The van der Waals surface area contributed by atoms with Gasteiger partial charge in [-0.1, -0.05) is 13.8 Å². The van der Waals surface area contributed by atoms with Crippen molar-refractivity contribution in [2.24, 2.45) is 5.92 Å². The Labute approximate surface area is 143 Å². The second-order valence-electron chi connectivity index (χ2n) is 6.64. The number of hydrogen-bond acceptors (Lipinski definition) is 6. The topological polar surface area (TPSA) is 92.3 Å². The third-order valence-electron chi connectivity index (χ3n) is 3.99. The predicted octanol–water partition coefficient (Wildman–Crippen LogP) is 1.50. The van der Waals surface area contributed by atoms with Gasteiger partial charge in [-0.25, -0.2) is 18.4 Å². The summed E-state index contributed by atoms with van der Waals surface area (Å²) in [5.74, 6) is 0.810. The Kier molecular flexibility index (Phi) is 5.79. The van der Waals surface area contributed by atoms with Crippen molar-refractivity contribution in [2.75, 3.05) is 29.9 Å². The highest BCUT2D eigenvalue weighted by Gasteiger charge is 2.34. The van der Waals surface area contributed by atoms with Crippen LogP contribution in [0.25, 0.3) is 0 Å². The summed E-state index contributed by atoms with van der Waals surface area (Å²) in [5, 5.41) is 3.13. The van der Waals surface area contributed by atoms with Gasteiger partial charge in [0.25, 0.3) is 5.91 Å². The van der Waals surface area contributed by atoms with Crippen molar-refractivity contribution >= 4 is 21.7 Å². The van der Waals surface area contributed by atoms with Crippen molar-refractivity contribution in [1.29, 1.82) is 0 Å². The molecule has 7 nitrogen and oxygen atoms in total. The molecule has 0 bridgehead atoms. The number of aryl methyl sites for hydroxylation is 1. The van der Waals surface area contributed by atoms with Gasteiger partial charge in [0.2, 0.25) is 5.95 Å². The van der Waals surface area contributed by atoms with Gasteiger partial charge in [-0.15, -0.1) is 0 Å². The van der Waals surface area contributed by atoms with Gasteiger partial charge < -0.3 is 10.2 Å². The molecule has 2 heterocycles. The maximum absolute atomic E-state index is 12.8. The molecular formula is C16H26N4O3S. The first-order chi connectivity index (χ1) is 11.2. The summed E-state index contributed by atoms with van der Waals surface area (Å²) in [4.78, 5) is 23.1. The summed E-state index contributed by atoms with van der Waals surface area (Å²) in [7, 11) is -3.04. The van der Waals surface area contributed by atoms with E-state index in [0.29, 0.717) is 36.2 Å². The zero-order valence-electron chi connectivity index (χ0n) is 14.7. The first kappa shape index (κ1) is 18.6. The lowest BCUT2D eigenvalue weighted by atomic mass is 10.2. The zero-order valence-corrected chi connectivity index (χ0v) is 15.6. The molecule has 1 amide bonds. The van der Waals surface area contributed by atoms with Gasteiger partial charge in [0.15, 0.2) is 9.84 Å². The quantitative estimate of drug-likeness (QED) is 0.832. The summed E-state index contributed by atoms with van der Waals surface area (Å²) in [5.41, 5.74) is 1.01. The number of amides is 1. The molecule has 1 aliphatic rings. The molecule has 1 fully saturated rings. The van der Waals surface area contributed by atoms with Crippen LogP contribution in [0.5, 0.6) is 0 Å². The van der Waals surface area contributed by atoms with Gasteiger partial charge >= 0.3 is 0 Å². The van der Waals surface area contributed by atoms with Crippen molar-refractivity contribution < 1.29 is 13.2 Å². The number of rotatable bonds is 6. The number of aromatic nitrogens is 2. The number of carbonyl (C=O) groups excluding carboxylic acids is 1. The van der Waals surface area contributed by atoms with E-state index in [9.17, 15) is 13.2 Å². The second-order valence-corrected chi connectivity index (χ2v) is 8.87. The van der Waals surface area contributed by atoms with Gasteiger partial charge in [0.1, 0.15) is 5.69 Å². The van der Waals surface area contributed by atoms with E-state index in [4.69, 9.17) is 0 Å². The zero-order chi connectivity index (χ0) is 17.9. The lowest BCUT2D eigenvalue weighted by molar-refractivity contribution is 0.0702. The average Bonchev–Trinajstić information content (AvgIpc) is 2.85. The summed E-state index contributed by atoms with van der Waals surface area (Å²) in [6, 6.07) is 1.38. The van der Waals surface area contributed by atoms with Crippen molar-refractivity contribution in [3.63, 3.8) is 0 Å². The van der Waals surface area contributed by atoms with Crippen LogP contribution < -0.4 is 5.32 Å². The fourth-order valence-electron chi connectivity index (χ4n) is 2.79. The van der Waals surface area contributed by atoms with Crippen LogP contribution in [-0.2, 0) is 9.84 Å². The van der Waals surface area contributed by atoms with Crippen LogP contribution >= 0.6 is 0 Å². The summed E-state index contributed by atoms with van der Waals surface area (Å²) in [6.07, 6.45) is 0.491. The molecule has 0 radical (unpaired) electrons. The van der Waals surface area contributed by atoms with E-state index in [1.54, 1.807) is 11.0 Å². The van der Waals surface area contributed by atoms with Crippen LogP contribution in [0.2, 0.25) is 0 Å².